The van der Waals surface area contributed by atoms with E-state index in [0.717, 1.165) is 30.3 Å². The summed E-state index contributed by atoms with van der Waals surface area (Å²) in [5.41, 5.74) is -0.780. The van der Waals surface area contributed by atoms with E-state index in [1.807, 2.05) is 0 Å². The van der Waals surface area contributed by atoms with E-state index in [1.165, 1.54) is 11.8 Å². The first kappa shape index (κ1) is 20.4. The lowest BCUT2D eigenvalue weighted by molar-refractivity contribution is -0.135. The Balaban J connectivity index is 1.99. The summed E-state index contributed by atoms with van der Waals surface area (Å²) in [6.45, 7) is 1.04. The van der Waals surface area contributed by atoms with Crippen molar-refractivity contribution >= 4 is 11.5 Å². The zero-order valence-electron chi connectivity index (χ0n) is 16.1. The molecule has 0 saturated carbocycles. The molecule has 2 unspecified atom stereocenters. The largest absolute Gasteiger partial charge is 0.493 e. The SMILES string of the molecule is CC(=O)N1CC(c2cc(F)ccc2F)=CC12c1cc(F)c(F)cc1OCC2CCO. The number of amides is 1. The van der Waals surface area contributed by atoms with Gasteiger partial charge in [0, 0.05) is 43.2 Å². The minimum atomic E-state index is -1.30. The van der Waals surface area contributed by atoms with Crippen LogP contribution in [0.2, 0.25) is 0 Å². The van der Waals surface area contributed by atoms with E-state index in [-0.39, 0.29) is 43.1 Å². The van der Waals surface area contributed by atoms with Crippen LogP contribution in [0.15, 0.2) is 36.4 Å². The van der Waals surface area contributed by atoms with Crippen molar-refractivity contribution in [2.75, 3.05) is 19.8 Å². The smallest absolute Gasteiger partial charge is 0.220 e. The zero-order valence-corrected chi connectivity index (χ0v) is 16.1. The van der Waals surface area contributed by atoms with Crippen LogP contribution in [0, 0.1) is 29.2 Å². The Morgan fingerprint density at radius 2 is 1.90 bits per heavy atom. The van der Waals surface area contributed by atoms with Crippen molar-refractivity contribution in [3.63, 3.8) is 0 Å². The molecular formula is C22H19F4NO3. The highest BCUT2D eigenvalue weighted by Crippen LogP contribution is 2.52. The highest BCUT2D eigenvalue weighted by Gasteiger charge is 2.53. The Hall–Kier alpha value is -2.87. The fraction of sp³-hybridized carbons (Fsp3) is 0.318. The molecule has 4 nitrogen and oxygen atoms in total. The highest BCUT2D eigenvalue weighted by atomic mass is 19.2. The molecule has 0 radical (unpaired) electrons. The Kier molecular flexibility index (Phi) is 5.05. The molecule has 2 aromatic rings. The average Bonchev–Trinajstić information content (AvgIpc) is 3.09. The molecule has 0 aromatic heterocycles. The number of fused-ring (bicyclic) bond motifs is 2. The van der Waals surface area contributed by atoms with Crippen LogP contribution >= 0.6 is 0 Å². The number of carbonyl (C=O) groups is 1. The predicted molar refractivity (Wildman–Crippen MR) is 100 cm³/mol. The standard InChI is InChI=1S/C22H19F4NO3/c1-12(29)27-10-13(16-6-15(23)2-3-18(16)24)9-22(27)14(4-5-28)11-30-21-8-20(26)19(25)7-17(21)22/h2-3,6-9,14,28H,4-5,10-11H2,1H3. The molecule has 2 heterocycles. The van der Waals surface area contributed by atoms with Gasteiger partial charge in [0.2, 0.25) is 5.91 Å². The molecule has 1 N–H and O–H groups in total. The van der Waals surface area contributed by atoms with E-state index >= 15 is 0 Å². The molecule has 0 saturated heterocycles. The van der Waals surface area contributed by atoms with Gasteiger partial charge in [0.05, 0.1) is 12.1 Å². The molecular weight excluding hydrogens is 402 g/mol. The van der Waals surface area contributed by atoms with Crippen LogP contribution in [0.4, 0.5) is 17.6 Å². The maximum Gasteiger partial charge on any atom is 0.220 e. The summed E-state index contributed by atoms with van der Waals surface area (Å²) < 4.78 is 61.9. The van der Waals surface area contributed by atoms with Gasteiger partial charge in [-0.15, -0.1) is 0 Å². The first-order valence-electron chi connectivity index (χ1n) is 9.46. The van der Waals surface area contributed by atoms with Gasteiger partial charge in [0.15, 0.2) is 11.6 Å². The summed E-state index contributed by atoms with van der Waals surface area (Å²) in [6, 6.07) is 4.89. The van der Waals surface area contributed by atoms with Crippen LogP contribution in [0.1, 0.15) is 24.5 Å². The second-order valence-electron chi connectivity index (χ2n) is 7.51. The Morgan fingerprint density at radius 1 is 1.17 bits per heavy atom. The molecule has 4 rings (SSSR count). The fourth-order valence-electron chi connectivity index (χ4n) is 4.49. The van der Waals surface area contributed by atoms with Gasteiger partial charge in [-0.05, 0) is 42.3 Å². The molecule has 8 heteroatoms. The van der Waals surface area contributed by atoms with Crippen molar-refractivity contribution in [2.45, 2.75) is 18.9 Å². The maximum absolute atomic E-state index is 14.5. The normalized spacial score (nSPS) is 22.7. The fourth-order valence-corrected chi connectivity index (χ4v) is 4.49. The number of ether oxygens (including phenoxy) is 1. The molecule has 158 valence electrons. The van der Waals surface area contributed by atoms with Crippen LogP contribution in [-0.4, -0.2) is 35.7 Å². The van der Waals surface area contributed by atoms with Crippen molar-refractivity contribution in [3.8, 4) is 5.75 Å². The van der Waals surface area contributed by atoms with Crippen molar-refractivity contribution in [1.29, 1.82) is 0 Å². The van der Waals surface area contributed by atoms with E-state index in [0.29, 0.717) is 5.57 Å². The number of nitrogens with zero attached hydrogens (tertiary/aromatic N) is 1. The van der Waals surface area contributed by atoms with Gasteiger partial charge >= 0.3 is 0 Å². The van der Waals surface area contributed by atoms with Crippen molar-refractivity contribution in [2.24, 2.45) is 5.92 Å². The van der Waals surface area contributed by atoms with Gasteiger partial charge in [-0.1, -0.05) is 0 Å². The molecule has 2 aliphatic rings. The third kappa shape index (κ3) is 3.06. The molecule has 2 aromatic carbocycles. The molecule has 2 aliphatic heterocycles. The van der Waals surface area contributed by atoms with E-state index in [1.54, 1.807) is 6.08 Å². The Bertz CT molecular complexity index is 1050. The quantitative estimate of drug-likeness (QED) is 0.768. The van der Waals surface area contributed by atoms with Gasteiger partial charge in [0.1, 0.15) is 17.4 Å². The molecule has 0 aliphatic carbocycles. The highest BCUT2D eigenvalue weighted by molar-refractivity contribution is 5.83. The Labute approximate surface area is 170 Å². The molecule has 1 amide bonds. The van der Waals surface area contributed by atoms with Gasteiger partial charge in [-0.2, -0.15) is 0 Å². The van der Waals surface area contributed by atoms with Gasteiger partial charge in [0.25, 0.3) is 0 Å². The minimum absolute atomic E-state index is 0.0171. The minimum Gasteiger partial charge on any atom is -0.493 e. The van der Waals surface area contributed by atoms with Crippen molar-refractivity contribution in [1.82, 2.24) is 4.90 Å². The van der Waals surface area contributed by atoms with Gasteiger partial charge in [-0.25, -0.2) is 17.6 Å². The first-order valence-corrected chi connectivity index (χ1v) is 9.46. The summed E-state index contributed by atoms with van der Waals surface area (Å²) in [5.74, 6) is -4.38. The summed E-state index contributed by atoms with van der Waals surface area (Å²) in [6.07, 6.45) is 1.78. The Morgan fingerprint density at radius 3 is 2.60 bits per heavy atom. The summed E-state index contributed by atoms with van der Waals surface area (Å²) in [4.78, 5) is 14.0. The monoisotopic (exact) mass is 421 g/mol. The lowest BCUT2D eigenvalue weighted by atomic mass is 9.74. The number of benzene rings is 2. The molecule has 0 bridgehead atoms. The number of halogens is 4. The number of aliphatic hydroxyl groups is 1. The molecule has 2 atom stereocenters. The van der Waals surface area contributed by atoms with Gasteiger partial charge < -0.3 is 14.7 Å². The number of aliphatic hydroxyl groups excluding tert-OH is 1. The summed E-state index contributed by atoms with van der Waals surface area (Å²) in [7, 11) is 0. The predicted octanol–water partition coefficient (Wildman–Crippen LogP) is 3.78. The second-order valence-corrected chi connectivity index (χ2v) is 7.51. The zero-order chi connectivity index (χ0) is 21.6. The van der Waals surface area contributed by atoms with E-state index in [9.17, 15) is 27.5 Å². The second kappa shape index (κ2) is 7.43. The van der Waals surface area contributed by atoms with E-state index in [2.05, 4.69) is 0 Å². The first-order chi connectivity index (χ1) is 14.3. The lowest BCUT2D eigenvalue weighted by Gasteiger charge is -2.47. The molecule has 1 spiro atoms. The third-order valence-corrected chi connectivity index (χ3v) is 5.82. The van der Waals surface area contributed by atoms with Crippen LogP contribution in [-0.2, 0) is 10.3 Å². The van der Waals surface area contributed by atoms with Crippen molar-refractivity contribution < 1.29 is 32.2 Å². The van der Waals surface area contributed by atoms with Crippen LogP contribution in [0.25, 0.3) is 5.57 Å². The average molecular weight is 421 g/mol. The molecule has 0 fully saturated rings. The number of carbonyl (C=O) groups excluding carboxylic acids is 1. The van der Waals surface area contributed by atoms with E-state index in [4.69, 9.17) is 4.74 Å². The summed E-state index contributed by atoms with van der Waals surface area (Å²) in [5, 5.41) is 9.57. The topological polar surface area (TPSA) is 49.8 Å². The number of hydrogen-bond donors (Lipinski definition) is 1. The van der Waals surface area contributed by atoms with Crippen LogP contribution in [0.3, 0.4) is 0 Å². The van der Waals surface area contributed by atoms with Crippen LogP contribution < -0.4 is 4.74 Å². The van der Waals surface area contributed by atoms with Crippen LogP contribution in [0.5, 0.6) is 5.75 Å². The lowest BCUT2D eigenvalue weighted by Crippen LogP contribution is -2.53. The maximum atomic E-state index is 14.5. The third-order valence-electron chi connectivity index (χ3n) is 5.82. The van der Waals surface area contributed by atoms with E-state index < -0.39 is 40.6 Å². The van der Waals surface area contributed by atoms with Gasteiger partial charge in [-0.3, -0.25) is 4.79 Å². The van der Waals surface area contributed by atoms with Crippen molar-refractivity contribution in [3.05, 3.63) is 70.8 Å². The number of rotatable bonds is 3. The summed E-state index contributed by atoms with van der Waals surface area (Å²) >= 11 is 0. The molecule has 30 heavy (non-hydrogen) atoms. The number of hydrogen-bond acceptors (Lipinski definition) is 3.